The molecule has 32 heavy (non-hydrogen) atoms. The van der Waals surface area contributed by atoms with E-state index in [4.69, 9.17) is 5.26 Å². The van der Waals surface area contributed by atoms with Crippen molar-refractivity contribution in [3.05, 3.63) is 71.0 Å². The molecule has 0 saturated heterocycles. The SMILES string of the molecule is C[C@H](CC1CCC(CCC2CCC(c3ccc(C#N)c(F)c3)CC2)CC1)c1ccccc1. The van der Waals surface area contributed by atoms with Gasteiger partial charge in [0.05, 0.1) is 5.56 Å². The second kappa shape index (κ2) is 11.1. The molecule has 0 spiro atoms. The monoisotopic (exact) mass is 431 g/mol. The lowest BCUT2D eigenvalue weighted by Crippen LogP contribution is -2.18. The molecule has 2 aliphatic rings. The van der Waals surface area contributed by atoms with E-state index in [1.807, 2.05) is 12.1 Å². The van der Waals surface area contributed by atoms with E-state index < -0.39 is 0 Å². The number of benzene rings is 2. The minimum Gasteiger partial charge on any atom is -0.206 e. The molecule has 2 aromatic rings. The Morgan fingerprint density at radius 1 is 0.844 bits per heavy atom. The van der Waals surface area contributed by atoms with Crippen LogP contribution < -0.4 is 0 Å². The molecule has 0 aromatic heterocycles. The lowest BCUT2D eigenvalue weighted by Gasteiger charge is -2.33. The predicted molar refractivity (Wildman–Crippen MR) is 130 cm³/mol. The van der Waals surface area contributed by atoms with E-state index >= 15 is 0 Å². The Kier molecular flexibility index (Phi) is 8.01. The number of halogens is 1. The molecule has 0 bridgehead atoms. The van der Waals surface area contributed by atoms with Crippen molar-refractivity contribution in [2.45, 2.75) is 89.4 Å². The quantitative estimate of drug-likeness (QED) is 0.430. The van der Waals surface area contributed by atoms with Gasteiger partial charge in [-0.1, -0.05) is 81.8 Å². The van der Waals surface area contributed by atoms with Crippen molar-refractivity contribution in [2.75, 3.05) is 0 Å². The maximum Gasteiger partial charge on any atom is 0.141 e. The van der Waals surface area contributed by atoms with Crippen LogP contribution in [0.4, 0.5) is 4.39 Å². The third-order valence-electron chi connectivity index (χ3n) is 8.44. The zero-order chi connectivity index (χ0) is 22.3. The van der Waals surface area contributed by atoms with Gasteiger partial charge in [0.1, 0.15) is 11.9 Å². The molecule has 0 amide bonds. The molecule has 1 nitrogen and oxygen atoms in total. The van der Waals surface area contributed by atoms with E-state index in [1.165, 1.54) is 76.2 Å². The van der Waals surface area contributed by atoms with Crippen LogP contribution in [0.1, 0.15) is 106 Å². The minimum absolute atomic E-state index is 0.159. The van der Waals surface area contributed by atoms with Crippen LogP contribution in [0.15, 0.2) is 48.5 Å². The molecule has 0 aliphatic heterocycles. The standard InChI is InChI=1S/C30H38FN/c1-22(26-5-3-2-4-6-26)19-25-11-9-23(10-12-25)7-8-24-13-15-27(16-14-24)28-17-18-29(21-32)30(31)20-28/h2-6,17-18,20,22-25,27H,7-16,19H2,1H3/t22-,23?,24?,25?,27?/m1/s1. The fourth-order valence-corrected chi connectivity index (χ4v) is 6.31. The molecule has 2 heteroatoms. The fourth-order valence-electron chi connectivity index (χ4n) is 6.31. The topological polar surface area (TPSA) is 23.8 Å². The summed E-state index contributed by atoms with van der Waals surface area (Å²) in [4.78, 5) is 0. The van der Waals surface area contributed by atoms with Gasteiger partial charge in [-0.3, -0.25) is 0 Å². The molecule has 0 radical (unpaired) electrons. The van der Waals surface area contributed by atoms with Crippen LogP contribution >= 0.6 is 0 Å². The molecule has 2 aromatic carbocycles. The number of rotatable bonds is 7. The Labute approximate surface area is 194 Å². The molecule has 4 rings (SSSR count). The molecule has 2 saturated carbocycles. The van der Waals surface area contributed by atoms with Crippen LogP contribution in [0.3, 0.4) is 0 Å². The first kappa shape index (κ1) is 23.0. The van der Waals surface area contributed by atoms with Gasteiger partial charge in [-0.2, -0.15) is 5.26 Å². The van der Waals surface area contributed by atoms with Crippen LogP contribution in [0.5, 0.6) is 0 Å². The van der Waals surface area contributed by atoms with Gasteiger partial charge in [0.2, 0.25) is 0 Å². The molecule has 0 unspecified atom stereocenters. The fraction of sp³-hybridized carbons (Fsp3) is 0.567. The summed E-state index contributed by atoms with van der Waals surface area (Å²) in [6.07, 6.45) is 14.7. The first-order valence-corrected chi connectivity index (χ1v) is 12.9. The predicted octanol–water partition coefficient (Wildman–Crippen LogP) is 8.75. The van der Waals surface area contributed by atoms with Crippen LogP contribution in [-0.2, 0) is 0 Å². The van der Waals surface area contributed by atoms with E-state index in [-0.39, 0.29) is 11.4 Å². The molecule has 1 atom stereocenters. The second-order valence-electron chi connectivity index (χ2n) is 10.6. The molecule has 0 heterocycles. The van der Waals surface area contributed by atoms with Gasteiger partial charge in [-0.15, -0.1) is 0 Å². The van der Waals surface area contributed by atoms with E-state index in [2.05, 4.69) is 37.3 Å². The third-order valence-corrected chi connectivity index (χ3v) is 8.44. The van der Waals surface area contributed by atoms with Crippen molar-refractivity contribution in [3.8, 4) is 6.07 Å². The normalized spacial score (nSPS) is 26.9. The minimum atomic E-state index is -0.360. The van der Waals surface area contributed by atoms with Crippen LogP contribution in [0.25, 0.3) is 0 Å². The number of nitrogens with zero attached hydrogens (tertiary/aromatic N) is 1. The van der Waals surface area contributed by atoms with Gasteiger partial charge in [0.25, 0.3) is 0 Å². The molecular formula is C30H38FN. The van der Waals surface area contributed by atoms with Crippen molar-refractivity contribution in [1.82, 2.24) is 0 Å². The Hall–Kier alpha value is -2.14. The van der Waals surface area contributed by atoms with Crippen molar-refractivity contribution in [1.29, 1.82) is 5.26 Å². The summed E-state index contributed by atoms with van der Waals surface area (Å²) in [5.74, 6) is 3.48. The average Bonchev–Trinajstić information content (AvgIpc) is 2.84. The van der Waals surface area contributed by atoms with Crippen molar-refractivity contribution in [3.63, 3.8) is 0 Å². The van der Waals surface area contributed by atoms with Crippen LogP contribution in [0, 0.1) is 34.9 Å². The van der Waals surface area contributed by atoms with Gasteiger partial charge in [0, 0.05) is 0 Å². The van der Waals surface area contributed by atoms with Gasteiger partial charge >= 0.3 is 0 Å². The third kappa shape index (κ3) is 6.00. The molecule has 2 aliphatic carbocycles. The Morgan fingerprint density at radius 2 is 1.44 bits per heavy atom. The van der Waals surface area contributed by atoms with Crippen molar-refractivity contribution < 1.29 is 4.39 Å². The zero-order valence-electron chi connectivity index (χ0n) is 19.6. The maximum atomic E-state index is 14.0. The van der Waals surface area contributed by atoms with Gasteiger partial charge in [0.15, 0.2) is 0 Å². The van der Waals surface area contributed by atoms with Crippen LogP contribution in [-0.4, -0.2) is 0 Å². The van der Waals surface area contributed by atoms with Crippen LogP contribution in [0.2, 0.25) is 0 Å². The smallest absolute Gasteiger partial charge is 0.141 e. The largest absolute Gasteiger partial charge is 0.206 e. The zero-order valence-corrected chi connectivity index (χ0v) is 19.6. The lowest BCUT2D eigenvalue weighted by atomic mass is 9.73. The van der Waals surface area contributed by atoms with E-state index in [9.17, 15) is 4.39 Å². The van der Waals surface area contributed by atoms with Crippen molar-refractivity contribution >= 4 is 0 Å². The Bertz CT molecular complexity index is 883. The molecular weight excluding hydrogens is 393 g/mol. The summed E-state index contributed by atoms with van der Waals surface area (Å²) in [5, 5.41) is 8.93. The maximum absolute atomic E-state index is 14.0. The number of hydrogen-bond acceptors (Lipinski definition) is 1. The highest BCUT2D eigenvalue weighted by Crippen LogP contribution is 2.41. The summed E-state index contributed by atoms with van der Waals surface area (Å²) in [7, 11) is 0. The second-order valence-corrected chi connectivity index (χ2v) is 10.6. The summed E-state index contributed by atoms with van der Waals surface area (Å²) in [6.45, 7) is 2.39. The number of hydrogen-bond donors (Lipinski definition) is 0. The molecule has 170 valence electrons. The first-order valence-electron chi connectivity index (χ1n) is 12.9. The van der Waals surface area contributed by atoms with E-state index in [0.29, 0.717) is 11.8 Å². The Balaban J connectivity index is 1.15. The highest BCUT2D eigenvalue weighted by Gasteiger charge is 2.26. The summed E-state index contributed by atoms with van der Waals surface area (Å²) in [6, 6.07) is 18.1. The van der Waals surface area contributed by atoms with Gasteiger partial charge in [-0.05, 0) is 85.0 Å². The number of nitriles is 1. The van der Waals surface area contributed by atoms with Crippen molar-refractivity contribution in [2.24, 2.45) is 17.8 Å². The highest BCUT2D eigenvalue weighted by atomic mass is 19.1. The lowest BCUT2D eigenvalue weighted by molar-refractivity contribution is 0.220. The molecule has 0 N–H and O–H groups in total. The molecule has 2 fully saturated rings. The van der Waals surface area contributed by atoms with Gasteiger partial charge < -0.3 is 0 Å². The van der Waals surface area contributed by atoms with E-state index in [0.717, 1.165) is 23.3 Å². The Morgan fingerprint density at radius 3 is 2.03 bits per heavy atom. The van der Waals surface area contributed by atoms with E-state index in [1.54, 1.807) is 12.1 Å². The summed E-state index contributed by atoms with van der Waals surface area (Å²) >= 11 is 0. The average molecular weight is 432 g/mol. The first-order chi connectivity index (χ1) is 15.6. The summed E-state index contributed by atoms with van der Waals surface area (Å²) in [5.41, 5.74) is 2.74. The summed E-state index contributed by atoms with van der Waals surface area (Å²) < 4.78 is 14.0. The van der Waals surface area contributed by atoms with Gasteiger partial charge in [-0.25, -0.2) is 4.39 Å². The highest BCUT2D eigenvalue weighted by molar-refractivity contribution is 5.35.